The van der Waals surface area contributed by atoms with E-state index in [0.717, 1.165) is 22.6 Å². The van der Waals surface area contributed by atoms with Gasteiger partial charge >= 0.3 is 0 Å². The Hall–Kier alpha value is -1.37. The van der Waals surface area contributed by atoms with Gasteiger partial charge in [-0.2, -0.15) is 0 Å². The summed E-state index contributed by atoms with van der Waals surface area (Å²) in [5, 5.41) is 13.5. The molecule has 0 saturated heterocycles. The molecule has 6 heteroatoms. The Kier molecular flexibility index (Phi) is 6.42. The minimum absolute atomic E-state index is 0.0818. The van der Waals surface area contributed by atoms with Crippen LogP contribution in [0.1, 0.15) is 29.2 Å². The molecule has 1 atom stereocenters. The van der Waals surface area contributed by atoms with Crippen LogP contribution >= 0.6 is 23.1 Å². The van der Waals surface area contributed by atoms with E-state index in [9.17, 15) is 9.90 Å². The van der Waals surface area contributed by atoms with Gasteiger partial charge in [0, 0.05) is 10.6 Å². The third kappa shape index (κ3) is 4.83. The number of aliphatic hydroxyl groups excluding tert-OH is 1. The Morgan fingerprint density at radius 2 is 2.14 bits per heavy atom. The molecule has 0 aliphatic heterocycles. The van der Waals surface area contributed by atoms with Gasteiger partial charge in [0.15, 0.2) is 5.13 Å². The number of rotatable bonds is 7. The molecule has 22 heavy (non-hydrogen) atoms. The van der Waals surface area contributed by atoms with Crippen molar-refractivity contribution < 1.29 is 9.90 Å². The lowest BCUT2D eigenvalue weighted by molar-refractivity contribution is -0.113. The zero-order chi connectivity index (χ0) is 15.9. The predicted octanol–water partition coefficient (Wildman–Crippen LogP) is 3.42. The third-order valence-corrected chi connectivity index (χ3v) is 5.11. The first-order valence-corrected chi connectivity index (χ1v) is 9.14. The number of hydrogen-bond donors (Lipinski definition) is 2. The number of thiazole rings is 1. The van der Waals surface area contributed by atoms with Crippen LogP contribution in [-0.4, -0.2) is 27.5 Å². The summed E-state index contributed by atoms with van der Waals surface area (Å²) in [4.78, 5) is 17.4. The van der Waals surface area contributed by atoms with Crippen LogP contribution in [0.3, 0.4) is 0 Å². The summed E-state index contributed by atoms with van der Waals surface area (Å²) in [7, 11) is 0. The number of nitrogens with one attached hydrogen (secondary N) is 1. The second-order valence-electron chi connectivity index (χ2n) is 4.87. The second-order valence-corrected chi connectivity index (χ2v) is 7.10. The van der Waals surface area contributed by atoms with Gasteiger partial charge in [0.1, 0.15) is 0 Å². The van der Waals surface area contributed by atoms with E-state index in [1.54, 1.807) is 0 Å². The van der Waals surface area contributed by atoms with Gasteiger partial charge in [-0.1, -0.05) is 37.3 Å². The molecule has 0 saturated carbocycles. The summed E-state index contributed by atoms with van der Waals surface area (Å²) in [5.74, 6) is 0.722. The van der Waals surface area contributed by atoms with E-state index < -0.39 is 6.10 Å². The number of thioether (sulfide) groups is 1. The first-order chi connectivity index (χ1) is 10.6. The summed E-state index contributed by atoms with van der Waals surface area (Å²) in [6.45, 7) is 4.06. The topological polar surface area (TPSA) is 62.2 Å². The van der Waals surface area contributed by atoms with Crippen LogP contribution in [0, 0.1) is 6.92 Å². The van der Waals surface area contributed by atoms with Gasteiger partial charge in [-0.3, -0.25) is 4.79 Å². The number of carbonyl (C=O) groups is 1. The fraction of sp³-hybridized carbons (Fsp3) is 0.375. The molecule has 1 aromatic heterocycles. The normalized spacial score (nSPS) is 12.1. The molecule has 0 fully saturated rings. The molecular weight excluding hydrogens is 316 g/mol. The number of nitrogens with zero attached hydrogens (tertiary/aromatic N) is 1. The van der Waals surface area contributed by atoms with E-state index in [0.29, 0.717) is 16.6 Å². The molecule has 0 aliphatic carbocycles. The number of aromatic nitrogens is 1. The monoisotopic (exact) mass is 336 g/mol. The molecular formula is C16H20N2O2S2. The zero-order valence-electron chi connectivity index (χ0n) is 12.7. The number of anilines is 1. The van der Waals surface area contributed by atoms with Crippen LogP contribution in [0.2, 0.25) is 0 Å². The van der Waals surface area contributed by atoms with Crippen molar-refractivity contribution in [2.24, 2.45) is 0 Å². The Morgan fingerprint density at radius 1 is 1.41 bits per heavy atom. The van der Waals surface area contributed by atoms with Crippen molar-refractivity contribution in [2.45, 2.75) is 26.4 Å². The summed E-state index contributed by atoms with van der Waals surface area (Å²) in [5.41, 5.74) is 1.91. The molecule has 118 valence electrons. The highest BCUT2D eigenvalue weighted by Gasteiger charge is 2.11. The van der Waals surface area contributed by atoms with E-state index in [1.165, 1.54) is 23.1 Å². The van der Waals surface area contributed by atoms with Crippen molar-refractivity contribution in [1.82, 2.24) is 4.98 Å². The molecule has 2 aromatic rings. The van der Waals surface area contributed by atoms with Crippen molar-refractivity contribution in [3.8, 4) is 0 Å². The molecule has 0 spiro atoms. The van der Waals surface area contributed by atoms with E-state index in [1.807, 2.05) is 37.3 Å². The zero-order valence-corrected chi connectivity index (χ0v) is 14.3. The maximum absolute atomic E-state index is 11.9. The van der Waals surface area contributed by atoms with Crippen LogP contribution in [0.15, 0.2) is 30.3 Å². The Balaban J connectivity index is 1.76. The van der Waals surface area contributed by atoms with Gasteiger partial charge in [0.2, 0.25) is 5.91 Å². The maximum atomic E-state index is 11.9. The smallest absolute Gasteiger partial charge is 0.236 e. The van der Waals surface area contributed by atoms with Crippen molar-refractivity contribution in [1.29, 1.82) is 0 Å². The average Bonchev–Trinajstić information content (AvgIpc) is 2.87. The number of amides is 1. The van der Waals surface area contributed by atoms with Gasteiger partial charge < -0.3 is 10.4 Å². The van der Waals surface area contributed by atoms with Crippen LogP contribution in [0.5, 0.6) is 0 Å². The molecule has 2 N–H and O–H groups in total. The minimum Gasteiger partial charge on any atom is -0.388 e. The number of carbonyl (C=O) groups excluding carboxylic acids is 1. The molecule has 1 aromatic carbocycles. The number of benzene rings is 1. The minimum atomic E-state index is -0.548. The molecule has 1 heterocycles. The molecule has 1 unspecified atom stereocenters. The number of aliphatic hydroxyl groups is 1. The summed E-state index contributed by atoms with van der Waals surface area (Å²) in [6, 6.07) is 9.47. The van der Waals surface area contributed by atoms with Crippen molar-refractivity contribution in [3.05, 3.63) is 46.5 Å². The van der Waals surface area contributed by atoms with Crippen molar-refractivity contribution in [2.75, 3.05) is 16.8 Å². The molecule has 0 aliphatic rings. The molecule has 0 radical (unpaired) electrons. The molecule has 1 amide bonds. The lowest BCUT2D eigenvalue weighted by Crippen LogP contribution is -2.15. The van der Waals surface area contributed by atoms with E-state index in [4.69, 9.17) is 0 Å². The summed E-state index contributed by atoms with van der Waals surface area (Å²) >= 11 is 2.92. The SMILES string of the molecule is CCc1nc(NC(=O)CSCC(O)c2ccccc2)sc1C. The first kappa shape index (κ1) is 17.0. The first-order valence-electron chi connectivity index (χ1n) is 7.17. The number of hydrogen-bond acceptors (Lipinski definition) is 5. The van der Waals surface area contributed by atoms with Crippen LogP contribution in [0.4, 0.5) is 5.13 Å². The van der Waals surface area contributed by atoms with Crippen LogP contribution in [0.25, 0.3) is 0 Å². The van der Waals surface area contributed by atoms with Crippen LogP contribution in [-0.2, 0) is 11.2 Å². The molecule has 0 bridgehead atoms. The third-order valence-electron chi connectivity index (χ3n) is 3.17. The Bertz CT molecular complexity index is 614. The lowest BCUT2D eigenvalue weighted by Gasteiger charge is -2.10. The van der Waals surface area contributed by atoms with Crippen molar-refractivity contribution in [3.63, 3.8) is 0 Å². The fourth-order valence-electron chi connectivity index (χ4n) is 2.00. The van der Waals surface area contributed by atoms with Gasteiger partial charge in [-0.05, 0) is 18.9 Å². The predicted molar refractivity (Wildman–Crippen MR) is 93.6 cm³/mol. The second kappa shape index (κ2) is 8.31. The maximum Gasteiger partial charge on any atom is 0.236 e. The largest absolute Gasteiger partial charge is 0.388 e. The highest BCUT2D eigenvalue weighted by atomic mass is 32.2. The highest BCUT2D eigenvalue weighted by Crippen LogP contribution is 2.23. The quantitative estimate of drug-likeness (QED) is 0.813. The van der Waals surface area contributed by atoms with Gasteiger partial charge in [-0.15, -0.1) is 23.1 Å². The fourth-order valence-corrected chi connectivity index (χ4v) is 3.71. The van der Waals surface area contributed by atoms with Crippen molar-refractivity contribution >= 4 is 34.1 Å². The van der Waals surface area contributed by atoms with Gasteiger partial charge in [-0.25, -0.2) is 4.98 Å². The highest BCUT2D eigenvalue weighted by molar-refractivity contribution is 8.00. The average molecular weight is 336 g/mol. The number of aryl methyl sites for hydroxylation is 2. The van der Waals surface area contributed by atoms with E-state index >= 15 is 0 Å². The lowest BCUT2D eigenvalue weighted by atomic mass is 10.1. The Morgan fingerprint density at radius 3 is 2.77 bits per heavy atom. The standard InChI is InChI=1S/C16H20N2O2S2/c1-3-13-11(2)22-16(17-13)18-15(20)10-21-9-14(19)12-7-5-4-6-8-12/h4-8,14,19H,3,9-10H2,1-2H3,(H,17,18,20). The molecule has 2 rings (SSSR count). The summed E-state index contributed by atoms with van der Waals surface area (Å²) < 4.78 is 0. The van der Waals surface area contributed by atoms with Gasteiger partial charge in [0.25, 0.3) is 0 Å². The summed E-state index contributed by atoms with van der Waals surface area (Å²) in [6.07, 6.45) is 0.323. The van der Waals surface area contributed by atoms with Crippen LogP contribution < -0.4 is 5.32 Å². The Labute approximate surface area is 139 Å². The van der Waals surface area contributed by atoms with Gasteiger partial charge in [0.05, 0.1) is 17.6 Å². The van der Waals surface area contributed by atoms with E-state index in [-0.39, 0.29) is 5.91 Å². The van der Waals surface area contributed by atoms with E-state index in [2.05, 4.69) is 17.2 Å². The molecule has 4 nitrogen and oxygen atoms in total.